The molecule has 0 aliphatic heterocycles. The number of rotatable bonds is 7. The molecule has 0 saturated heterocycles. The van der Waals surface area contributed by atoms with Crippen molar-refractivity contribution in [1.82, 2.24) is 20.2 Å². The van der Waals surface area contributed by atoms with Gasteiger partial charge in [-0.25, -0.2) is 4.68 Å². The summed E-state index contributed by atoms with van der Waals surface area (Å²) in [6, 6.07) is 7.87. The molecular weight excluding hydrogens is 300 g/mol. The summed E-state index contributed by atoms with van der Waals surface area (Å²) in [7, 11) is 1.74. The average molecular weight is 320 g/mol. The Morgan fingerprint density at radius 3 is 2.50 bits per heavy atom. The molecule has 0 unspecified atom stereocenters. The number of aryl methyl sites for hydroxylation is 1. The van der Waals surface area contributed by atoms with Crippen LogP contribution in [0.5, 0.6) is 0 Å². The van der Waals surface area contributed by atoms with Gasteiger partial charge < -0.3 is 10.2 Å². The second kappa shape index (κ2) is 7.79. The molecule has 0 bridgehead atoms. The van der Waals surface area contributed by atoms with Crippen LogP contribution < -0.4 is 10.2 Å². The number of carbonyl (C=O) groups is 1. The first kappa shape index (κ1) is 16.3. The standard InChI is InChI=1S/C14H20N6OS/c1-4-20(5-2)12-8-6-11(7-9-12)15-13(21)10-22-14-16-17-18-19(14)3/h6-9H,4-5,10H2,1-3H3,(H,15,21). The van der Waals surface area contributed by atoms with Crippen molar-refractivity contribution in [2.45, 2.75) is 19.0 Å². The molecule has 1 N–H and O–H groups in total. The highest BCUT2D eigenvalue weighted by Crippen LogP contribution is 2.18. The number of nitrogens with one attached hydrogen (secondary N) is 1. The number of thioether (sulfide) groups is 1. The first-order valence-corrected chi connectivity index (χ1v) is 8.12. The van der Waals surface area contributed by atoms with E-state index in [1.807, 2.05) is 24.3 Å². The number of nitrogens with zero attached hydrogens (tertiary/aromatic N) is 5. The normalized spacial score (nSPS) is 10.5. The highest BCUT2D eigenvalue weighted by molar-refractivity contribution is 7.99. The first-order chi connectivity index (χ1) is 10.6. The van der Waals surface area contributed by atoms with Gasteiger partial charge in [0.2, 0.25) is 11.1 Å². The molecule has 22 heavy (non-hydrogen) atoms. The zero-order valence-electron chi connectivity index (χ0n) is 13.0. The summed E-state index contributed by atoms with van der Waals surface area (Å²) >= 11 is 1.30. The van der Waals surface area contributed by atoms with E-state index in [4.69, 9.17) is 0 Å². The van der Waals surface area contributed by atoms with Gasteiger partial charge in [0.25, 0.3) is 0 Å². The maximum absolute atomic E-state index is 11.9. The van der Waals surface area contributed by atoms with Gasteiger partial charge >= 0.3 is 0 Å². The van der Waals surface area contributed by atoms with Crippen LogP contribution in [0.4, 0.5) is 11.4 Å². The number of carbonyl (C=O) groups excluding carboxylic acids is 1. The van der Waals surface area contributed by atoms with Crippen LogP contribution in [0, 0.1) is 0 Å². The van der Waals surface area contributed by atoms with Crippen LogP contribution in [0.1, 0.15) is 13.8 Å². The Morgan fingerprint density at radius 2 is 1.95 bits per heavy atom. The Balaban J connectivity index is 1.87. The summed E-state index contributed by atoms with van der Waals surface area (Å²) in [4.78, 5) is 14.2. The maximum Gasteiger partial charge on any atom is 0.234 e. The Hall–Kier alpha value is -2.09. The molecule has 0 spiro atoms. The number of aromatic nitrogens is 4. The molecule has 0 atom stereocenters. The Labute approximate surface area is 134 Å². The largest absolute Gasteiger partial charge is 0.372 e. The molecule has 2 aromatic rings. The second-order valence-electron chi connectivity index (χ2n) is 4.64. The van der Waals surface area contributed by atoms with E-state index >= 15 is 0 Å². The zero-order valence-corrected chi connectivity index (χ0v) is 13.8. The molecule has 0 saturated carbocycles. The van der Waals surface area contributed by atoms with E-state index in [-0.39, 0.29) is 11.7 Å². The van der Waals surface area contributed by atoms with Crippen molar-refractivity contribution < 1.29 is 4.79 Å². The third kappa shape index (κ3) is 4.20. The smallest absolute Gasteiger partial charge is 0.234 e. The van der Waals surface area contributed by atoms with Crippen molar-refractivity contribution in [3.63, 3.8) is 0 Å². The molecule has 118 valence electrons. The molecule has 1 aromatic heterocycles. The van der Waals surface area contributed by atoms with Crippen LogP contribution in [0.15, 0.2) is 29.4 Å². The molecule has 0 aliphatic carbocycles. The predicted molar refractivity (Wildman–Crippen MR) is 88.2 cm³/mol. The van der Waals surface area contributed by atoms with Gasteiger partial charge in [-0.2, -0.15) is 0 Å². The third-order valence-corrected chi connectivity index (χ3v) is 4.20. The van der Waals surface area contributed by atoms with Gasteiger partial charge in [-0.05, 0) is 48.5 Å². The van der Waals surface area contributed by atoms with Crippen LogP contribution in [-0.4, -0.2) is 45.0 Å². The van der Waals surface area contributed by atoms with Crippen molar-refractivity contribution in [3.8, 4) is 0 Å². The Kier molecular flexibility index (Phi) is 5.76. The van der Waals surface area contributed by atoms with Crippen LogP contribution in [0.2, 0.25) is 0 Å². The second-order valence-corrected chi connectivity index (χ2v) is 5.58. The van der Waals surface area contributed by atoms with Gasteiger partial charge in [-0.3, -0.25) is 4.79 Å². The molecule has 0 fully saturated rings. The molecular formula is C14H20N6OS. The number of hydrogen-bond acceptors (Lipinski definition) is 6. The van der Waals surface area contributed by atoms with Crippen molar-refractivity contribution in [3.05, 3.63) is 24.3 Å². The van der Waals surface area contributed by atoms with Crippen LogP contribution in [-0.2, 0) is 11.8 Å². The highest BCUT2D eigenvalue weighted by atomic mass is 32.2. The van der Waals surface area contributed by atoms with Gasteiger partial charge in [-0.15, -0.1) is 5.10 Å². The number of tetrazole rings is 1. The topological polar surface area (TPSA) is 75.9 Å². The van der Waals surface area contributed by atoms with E-state index in [2.05, 4.69) is 39.6 Å². The molecule has 1 heterocycles. The summed E-state index contributed by atoms with van der Waals surface area (Å²) in [5.74, 6) is 0.190. The number of hydrogen-bond donors (Lipinski definition) is 1. The molecule has 8 heteroatoms. The SMILES string of the molecule is CCN(CC)c1ccc(NC(=O)CSc2nnnn2C)cc1. The summed E-state index contributed by atoms with van der Waals surface area (Å²) in [6.07, 6.45) is 0. The van der Waals surface area contributed by atoms with E-state index in [0.29, 0.717) is 5.16 Å². The summed E-state index contributed by atoms with van der Waals surface area (Å²) in [5.41, 5.74) is 1.94. The van der Waals surface area contributed by atoms with E-state index in [1.54, 1.807) is 7.05 Å². The van der Waals surface area contributed by atoms with E-state index < -0.39 is 0 Å². The minimum Gasteiger partial charge on any atom is -0.372 e. The average Bonchev–Trinajstić information content (AvgIpc) is 2.93. The lowest BCUT2D eigenvalue weighted by Crippen LogP contribution is -2.21. The van der Waals surface area contributed by atoms with Gasteiger partial charge in [0.05, 0.1) is 5.75 Å². The lowest BCUT2D eigenvalue weighted by Gasteiger charge is -2.21. The van der Waals surface area contributed by atoms with Gasteiger partial charge in [0.15, 0.2) is 0 Å². The van der Waals surface area contributed by atoms with Gasteiger partial charge in [0.1, 0.15) is 0 Å². The number of benzene rings is 1. The summed E-state index contributed by atoms with van der Waals surface area (Å²) in [5, 5.41) is 14.6. The van der Waals surface area contributed by atoms with Gasteiger partial charge in [-0.1, -0.05) is 11.8 Å². The van der Waals surface area contributed by atoms with Crippen LogP contribution >= 0.6 is 11.8 Å². The van der Waals surface area contributed by atoms with Crippen molar-refractivity contribution in [1.29, 1.82) is 0 Å². The predicted octanol–water partition coefficient (Wildman–Crippen LogP) is 1.79. The minimum atomic E-state index is -0.0800. The Bertz CT molecular complexity index is 608. The number of amides is 1. The highest BCUT2D eigenvalue weighted by Gasteiger charge is 2.08. The molecule has 0 aliphatic rings. The molecule has 0 radical (unpaired) electrons. The van der Waals surface area contributed by atoms with Crippen LogP contribution in [0.25, 0.3) is 0 Å². The lowest BCUT2D eigenvalue weighted by atomic mass is 10.2. The van der Waals surface area contributed by atoms with Crippen molar-refractivity contribution in [2.24, 2.45) is 7.05 Å². The molecule has 7 nitrogen and oxygen atoms in total. The first-order valence-electron chi connectivity index (χ1n) is 7.14. The summed E-state index contributed by atoms with van der Waals surface area (Å²) < 4.78 is 1.54. The van der Waals surface area contributed by atoms with E-state index in [0.717, 1.165) is 24.5 Å². The molecule has 1 aromatic carbocycles. The molecule has 2 rings (SSSR count). The fourth-order valence-electron chi connectivity index (χ4n) is 2.02. The zero-order chi connectivity index (χ0) is 15.9. The number of anilines is 2. The maximum atomic E-state index is 11.9. The Morgan fingerprint density at radius 1 is 1.27 bits per heavy atom. The van der Waals surface area contributed by atoms with Gasteiger partial charge in [0, 0.05) is 31.5 Å². The fraction of sp³-hybridized carbons (Fsp3) is 0.429. The minimum absolute atomic E-state index is 0.0800. The third-order valence-electron chi connectivity index (χ3n) is 3.19. The molecule has 1 amide bonds. The van der Waals surface area contributed by atoms with Crippen LogP contribution in [0.3, 0.4) is 0 Å². The van der Waals surface area contributed by atoms with Crippen molar-refractivity contribution >= 4 is 29.0 Å². The fourth-order valence-corrected chi connectivity index (χ4v) is 2.66. The van der Waals surface area contributed by atoms with Crippen molar-refractivity contribution in [2.75, 3.05) is 29.1 Å². The quantitative estimate of drug-likeness (QED) is 0.784. The van der Waals surface area contributed by atoms with E-state index in [9.17, 15) is 4.79 Å². The summed E-state index contributed by atoms with van der Waals surface area (Å²) in [6.45, 7) is 6.17. The monoisotopic (exact) mass is 320 g/mol. The lowest BCUT2D eigenvalue weighted by molar-refractivity contribution is -0.113. The van der Waals surface area contributed by atoms with E-state index in [1.165, 1.54) is 16.4 Å².